The number of terminal acetylenes is 1. The van der Waals surface area contributed by atoms with Gasteiger partial charge in [0.05, 0.1) is 5.75 Å². The van der Waals surface area contributed by atoms with E-state index >= 15 is 0 Å². The predicted octanol–water partition coefficient (Wildman–Crippen LogP) is 1.73. The molecule has 0 amide bonds. The Balaban J connectivity index is 2.44. The van der Waals surface area contributed by atoms with Crippen molar-refractivity contribution in [2.45, 2.75) is 11.9 Å². The summed E-state index contributed by atoms with van der Waals surface area (Å²) in [6.07, 6.45) is 5.36. The van der Waals surface area contributed by atoms with Crippen molar-refractivity contribution < 1.29 is 0 Å². The summed E-state index contributed by atoms with van der Waals surface area (Å²) < 4.78 is 2.42. The topological polar surface area (TPSA) is 69.8 Å². The highest BCUT2D eigenvalue weighted by Gasteiger charge is 2.18. The summed E-state index contributed by atoms with van der Waals surface area (Å²) in [5, 5.41) is 0.791. The smallest absolute Gasteiger partial charge is 0.280 e. The van der Waals surface area contributed by atoms with E-state index in [1.165, 1.54) is 23.4 Å². The van der Waals surface area contributed by atoms with Gasteiger partial charge >= 0.3 is 5.69 Å². The highest BCUT2D eigenvalue weighted by molar-refractivity contribution is 7.99. The molecule has 2 heterocycles. The van der Waals surface area contributed by atoms with Crippen molar-refractivity contribution in [3.8, 4) is 23.7 Å². The van der Waals surface area contributed by atoms with Gasteiger partial charge in [-0.25, -0.2) is 14.8 Å². The van der Waals surface area contributed by atoms with Crippen LogP contribution < -0.4 is 11.2 Å². The first-order chi connectivity index (χ1) is 12.0. The molecule has 2 aromatic heterocycles. The fourth-order valence-corrected chi connectivity index (χ4v) is 3.28. The maximum atomic E-state index is 12.6. The van der Waals surface area contributed by atoms with Crippen LogP contribution in [0.1, 0.15) is 5.56 Å². The number of aryl methyl sites for hydroxylation is 2. The van der Waals surface area contributed by atoms with Crippen LogP contribution in [0.5, 0.6) is 0 Å². The second-order valence-corrected chi connectivity index (χ2v) is 6.53. The molecule has 0 N–H and O–H groups in total. The second kappa shape index (κ2) is 6.57. The Morgan fingerprint density at radius 1 is 1.16 bits per heavy atom. The molecule has 126 valence electrons. The monoisotopic (exact) mass is 352 g/mol. The predicted molar refractivity (Wildman–Crippen MR) is 99.8 cm³/mol. The van der Waals surface area contributed by atoms with Crippen LogP contribution in [-0.2, 0) is 14.1 Å². The van der Waals surface area contributed by atoms with E-state index in [4.69, 9.17) is 6.42 Å². The molecule has 0 aliphatic carbocycles. The first-order valence-corrected chi connectivity index (χ1v) is 8.54. The zero-order valence-corrected chi connectivity index (χ0v) is 14.9. The van der Waals surface area contributed by atoms with E-state index in [-0.39, 0.29) is 0 Å². The zero-order valence-electron chi connectivity index (χ0n) is 14.1. The molecule has 0 fully saturated rings. The number of fused-ring (bicyclic) bond motifs is 1. The number of hydrogen-bond donors (Lipinski definition) is 0. The van der Waals surface area contributed by atoms with Crippen LogP contribution in [0.4, 0.5) is 0 Å². The second-order valence-electron chi connectivity index (χ2n) is 5.56. The molecule has 0 saturated carbocycles. The van der Waals surface area contributed by atoms with Crippen LogP contribution in [0.3, 0.4) is 0 Å². The van der Waals surface area contributed by atoms with Gasteiger partial charge in [0.1, 0.15) is 10.4 Å². The number of nitrogens with zero attached hydrogens (tertiary/aromatic N) is 4. The largest absolute Gasteiger partial charge is 0.332 e. The molecule has 0 atom stereocenters. The summed E-state index contributed by atoms with van der Waals surface area (Å²) >= 11 is 1.29. The normalized spacial score (nSPS) is 10.8. The van der Waals surface area contributed by atoms with E-state index in [0.717, 1.165) is 15.7 Å². The lowest BCUT2D eigenvalue weighted by Gasteiger charge is -2.12. The van der Waals surface area contributed by atoms with Crippen LogP contribution in [0.15, 0.2) is 38.9 Å². The van der Waals surface area contributed by atoms with Gasteiger partial charge in [0.2, 0.25) is 0 Å². The van der Waals surface area contributed by atoms with Crippen molar-refractivity contribution in [3.63, 3.8) is 0 Å². The van der Waals surface area contributed by atoms with E-state index in [0.29, 0.717) is 27.6 Å². The van der Waals surface area contributed by atoms with Gasteiger partial charge in [-0.15, -0.1) is 6.42 Å². The van der Waals surface area contributed by atoms with Gasteiger partial charge in [-0.1, -0.05) is 41.9 Å². The Morgan fingerprint density at radius 2 is 1.88 bits per heavy atom. The lowest BCUT2D eigenvalue weighted by atomic mass is 10.1. The van der Waals surface area contributed by atoms with E-state index in [9.17, 15) is 9.59 Å². The number of hydrogen-bond acceptors (Lipinski definition) is 5. The van der Waals surface area contributed by atoms with Crippen molar-refractivity contribution in [2.24, 2.45) is 14.1 Å². The third-order valence-corrected chi connectivity index (χ3v) is 4.82. The summed E-state index contributed by atoms with van der Waals surface area (Å²) in [6, 6.07) is 7.69. The van der Waals surface area contributed by atoms with Crippen molar-refractivity contribution in [1.29, 1.82) is 0 Å². The summed E-state index contributed by atoms with van der Waals surface area (Å²) in [5.41, 5.74) is 1.30. The van der Waals surface area contributed by atoms with Crippen molar-refractivity contribution in [2.75, 3.05) is 5.75 Å². The summed E-state index contributed by atoms with van der Waals surface area (Å²) in [7, 11) is 3.03. The van der Waals surface area contributed by atoms with Gasteiger partial charge in [-0.3, -0.25) is 13.9 Å². The molecular weight excluding hydrogens is 336 g/mol. The number of thioether (sulfide) groups is 1. The van der Waals surface area contributed by atoms with Gasteiger partial charge in [0.15, 0.2) is 11.5 Å². The fourth-order valence-electron chi connectivity index (χ4n) is 2.59. The first kappa shape index (κ1) is 17.0. The standard InChI is InChI=1S/C18H16N4O2S/c1-5-10-25-16-13-15(21(3)18(24)22(4)17(13)23)19-14(20-16)12-9-7-6-8-11(12)2/h1,6-9H,10H2,2-4H3. The molecule has 1 aromatic carbocycles. The van der Waals surface area contributed by atoms with Crippen LogP contribution in [0.25, 0.3) is 22.4 Å². The highest BCUT2D eigenvalue weighted by atomic mass is 32.2. The van der Waals surface area contributed by atoms with Crippen molar-refractivity contribution >= 4 is 22.8 Å². The zero-order chi connectivity index (χ0) is 18.1. The van der Waals surface area contributed by atoms with E-state index in [1.807, 2.05) is 31.2 Å². The third-order valence-electron chi connectivity index (χ3n) is 3.94. The maximum absolute atomic E-state index is 12.6. The lowest BCUT2D eigenvalue weighted by Crippen LogP contribution is -2.37. The van der Waals surface area contributed by atoms with E-state index < -0.39 is 11.2 Å². The molecule has 6 nitrogen and oxygen atoms in total. The molecule has 25 heavy (non-hydrogen) atoms. The SMILES string of the molecule is C#CCSc1nc(-c2ccccc2C)nc2c1c(=O)n(C)c(=O)n2C. The quantitative estimate of drug-likeness (QED) is 0.408. The Bertz CT molecular complexity index is 1140. The highest BCUT2D eigenvalue weighted by Crippen LogP contribution is 2.27. The Labute approximate surface area is 148 Å². The summed E-state index contributed by atoms with van der Waals surface area (Å²) in [6.45, 7) is 1.96. The van der Waals surface area contributed by atoms with Crippen LogP contribution in [0, 0.1) is 19.3 Å². The van der Waals surface area contributed by atoms with E-state index in [2.05, 4.69) is 15.9 Å². The molecule has 0 aliphatic rings. The number of rotatable bonds is 3. The average molecular weight is 352 g/mol. The maximum Gasteiger partial charge on any atom is 0.332 e. The van der Waals surface area contributed by atoms with Gasteiger partial charge in [0.25, 0.3) is 5.56 Å². The van der Waals surface area contributed by atoms with Gasteiger partial charge < -0.3 is 0 Å². The third kappa shape index (κ3) is 2.85. The van der Waals surface area contributed by atoms with Crippen molar-refractivity contribution in [1.82, 2.24) is 19.1 Å². The number of benzene rings is 1. The minimum atomic E-state index is -0.431. The minimum absolute atomic E-state index is 0.306. The molecule has 7 heteroatoms. The Hall–Kier alpha value is -2.85. The molecule has 0 saturated heterocycles. The Morgan fingerprint density at radius 3 is 2.56 bits per heavy atom. The fraction of sp³-hybridized carbons (Fsp3) is 0.222. The Kier molecular flexibility index (Phi) is 4.47. The van der Waals surface area contributed by atoms with Crippen molar-refractivity contribution in [3.05, 3.63) is 50.7 Å². The number of aromatic nitrogens is 4. The molecule has 3 rings (SSSR count). The van der Waals surface area contributed by atoms with Crippen LogP contribution in [-0.4, -0.2) is 24.9 Å². The molecular formula is C18H16N4O2S. The van der Waals surface area contributed by atoms with E-state index in [1.54, 1.807) is 7.05 Å². The van der Waals surface area contributed by atoms with Crippen LogP contribution in [0.2, 0.25) is 0 Å². The van der Waals surface area contributed by atoms with Gasteiger partial charge in [-0.05, 0) is 12.5 Å². The molecule has 0 aliphatic heterocycles. The molecule has 0 spiro atoms. The van der Waals surface area contributed by atoms with Crippen LogP contribution >= 0.6 is 11.8 Å². The molecule has 0 unspecified atom stereocenters. The molecule has 0 radical (unpaired) electrons. The lowest BCUT2D eigenvalue weighted by molar-refractivity contribution is 0.703. The molecule has 0 bridgehead atoms. The first-order valence-electron chi connectivity index (χ1n) is 7.55. The summed E-state index contributed by atoms with van der Waals surface area (Å²) in [5.74, 6) is 3.37. The van der Waals surface area contributed by atoms with Gasteiger partial charge in [0, 0.05) is 19.7 Å². The summed E-state index contributed by atoms with van der Waals surface area (Å²) in [4.78, 5) is 34.0. The van der Waals surface area contributed by atoms with Gasteiger partial charge in [-0.2, -0.15) is 0 Å². The average Bonchev–Trinajstić information content (AvgIpc) is 2.62. The molecule has 3 aromatic rings. The minimum Gasteiger partial charge on any atom is -0.280 e.